The zero-order chi connectivity index (χ0) is 15.5. The third-order valence-corrected chi connectivity index (χ3v) is 3.58. The van der Waals surface area contributed by atoms with Gasteiger partial charge in [0.15, 0.2) is 0 Å². The summed E-state index contributed by atoms with van der Waals surface area (Å²) in [6, 6.07) is 8.87. The Balaban J connectivity index is 1.80. The zero-order valence-electron chi connectivity index (χ0n) is 11.4. The van der Waals surface area contributed by atoms with Gasteiger partial charge in [-0.3, -0.25) is 0 Å². The number of rotatable bonds is 4. The lowest BCUT2D eigenvalue weighted by molar-refractivity contribution is 0.414. The molecular formula is C13H10ClN5O2S. The topological polar surface area (TPSA) is 100.0 Å². The van der Waals surface area contributed by atoms with Gasteiger partial charge in [0, 0.05) is 11.6 Å². The molecule has 2 heterocycles. The fourth-order valence-corrected chi connectivity index (χ4v) is 2.60. The second-order valence-electron chi connectivity index (χ2n) is 4.09. The molecule has 0 saturated heterocycles. The van der Waals surface area contributed by atoms with E-state index < -0.39 is 0 Å². The molecule has 0 atom stereocenters. The first-order valence-corrected chi connectivity index (χ1v) is 7.29. The number of nitrogens with two attached hydrogens (primary N) is 1. The third-order valence-electron chi connectivity index (χ3n) is 2.62. The lowest BCUT2D eigenvalue weighted by Gasteiger charge is -1.99. The van der Waals surface area contributed by atoms with Gasteiger partial charge in [-0.15, -0.1) is 10.2 Å². The minimum atomic E-state index is 0.0879. The van der Waals surface area contributed by atoms with Gasteiger partial charge in [-0.2, -0.15) is 0 Å². The van der Waals surface area contributed by atoms with Gasteiger partial charge in [-0.05, 0) is 36.0 Å². The molecule has 7 nitrogen and oxygen atoms in total. The Hall–Kier alpha value is -2.32. The van der Waals surface area contributed by atoms with Crippen molar-refractivity contribution in [1.29, 1.82) is 0 Å². The van der Waals surface area contributed by atoms with Crippen molar-refractivity contribution in [2.75, 3.05) is 12.8 Å². The first-order valence-electron chi connectivity index (χ1n) is 6.10. The van der Waals surface area contributed by atoms with Crippen LogP contribution in [0.15, 0.2) is 45.0 Å². The van der Waals surface area contributed by atoms with Crippen LogP contribution in [0.25, 0.3) is 11.5 Å². The molecule has 0 unspecified atom stereocenters. The molecule has 0 aliphatic heterocycles. The van der Waals surface area contributed by atoms with E-state index in [4.69, 9.17) is 26.5 Å². The van der Waals surface area contributed by atoms with E-state index in [1.165, 1.54) is 0 Å². The molecule has 0 saturated carbocycles. The summed E-state index contributed by atoms with van der Waals surface area (Å²) in [5.74, 6) is 1.24. The maximum atomic E-state index is 5.82. The molecule has 0 aliphatic carbocycles. The van der Waals surface area contributed by atoms with E-state index in [1.54, 1.807) is 13.2 Å². The Morgan fingerprint density at radius 3 is 2.64 bits per heavy atom. The number of ether oxygens (including phenoxy) is 1. The smallest absolute Gasteiger partial charge is 0.283 e. The zero-order valence-corrected chi connectivity index (χ0v) is 12.9. The largest absolute Gasteiger partial charge is 0.497 e. The van der Waals surface area contributed by atoms with Crippen LogP contribution < -0.4 is 10.5 Å². The highest BCUT2D eigenvalue weighted by atomic mass is 35.5. The highest BCUT2D eigenvalue weighted by Gasteiger charge is 2.12. The molecular weight excluding hydrogens is 326 g/mol. The monoisotopic (exact) mass is 335 g/mol. The van der Waals surface area contributed by atoms with Crippen LogP contribution in [-0.2, 0) is 0 Å². The summed E-state index contributed by atoms with van der Waals surface area (Å²) >= 11 is 6.98. The molecule has 1 aromatic carbocycles. The predicted molar refractivity (Wildman–Crippen MR) is 81.9 cm³/mol. The van der Waals surface area contributed by atoms with E-state index >= 15 is 0 Å². The number of anilines is 1. The van der Waals surface area contributed by atoms with Crippen molar-refractivity contribution in [3.8, 4) is 17.2 Å². The fraction of sp³-hybridized carbons (Fsp3) is 0.0769. The van der Waals surface area contributed by atoms with Gasteiger partial charge in [0.2, 0.25) is 11.8 Å². The number of nitrogen functional groups attached to an aromatic ring is 1. The maximum absolute atomic E-state index is 5.82. The van der Waals surface area contributed by atoms with Gasteiger partial charge < -0.3 is 14.9 Å². The summed E-state index contributed by atoms with van der Waals surface area (Å²) in [7, 11) is 1.61. The van der Waals surface area contributed by atoms with Crippen molar-refractivity contribution < 1.29 is 9.15 Å². The summed E-state index contributed by atoms with van der Waals surface area (Å²) in [6.07, 6.45) is 0. The Morgan fingerprint density at radius 1 is 1.18 bits per heavy atom. The summed E-state index contributed by atoms with van der Waals surface area (Å²) in [6.45, 7) is 0. The van der Waals surface area contributed by atoms with Crippen molar-refractivity contribution in [3.05, 3.63) is 35.5 Å². The van der Waals surface area contributed by atoms with Crippen LogP contribution in [0.4, 0.5) is 5.95 Å². The Labute approximate surface area is 134 Å². The van der Waals surface area contributed by atoms with E-state index in [2.05, 4.69) is 20.2 Å². The lowest BCUT2D eigenvalue weighted by Crippen LogP contribution is -1.95. The van der Waals surface area contributed by atoms with Gasteiger partial charge in [-0.1, -0.05) is 11.6 Å². The molecule has 2 N–H and O–H groups in total. The molecule has 0 fully saturated rings. The van der Waals surface area contributed by atoms with Crippen molar-refractivity contribution in [2.24, 2.45) is 0 Å². The third kappa shape index (κ3) is 3.29. The standard InChI is InChI=1S/C13H10ClN5O2S/c1-20-8-4-2-7(3-5-8)11-18-19-13(21-11)22-10-6-9(14)16-12(15)17-10/h2-6H,1H3,(H2,15,16,17). The average molecular weight is 336 g/mol. The van der Waals surface area contributed by atoms with Crippen LogP contribution in [0, 0.1) is 0 Å². The van der Waals surface area contributed by atoms with Crippen LogP contribution in [0.3, 0.4) is 0 Å². The van der Waals surface area contributed by atoms with Crippen molar-refractivity contribution in [2.45, 2.75) is 10.2 Å². The first kappa shape index (κ1) is 14.6. The normalized spacial score (nSPS) is 10.6. The predicted octanol–water partition coefficient (Wildman–Crippen LogP) is 2.92. The van der Waals surface area contributed by atoms with Crippen LogP contribution in [0.1, 0.15) is 0 Å². The maximum Gasteiger partial charge on any atom is 0.283 e. The summed E-state index contributed by atoms with van der Waals surface area (Å²) < 4.78 is 10.7. The van der Waals surface area contributed by atoms with Gasteiger partial charge >= 0.3 is 0 Å². The highest BCUT2D eigenvalue weighted by molar-refractivity contribution is 7.99. The van der Waals surface area contributed by atoms with E-state index in [-0.39, 0.29) is 11.1 Å². The number of methoxy groups -OCH3 is 1. The van der Waals surface area contributed by atoms with Gasteiger partial charge in [-0.25, -0.2) is 9.97 Å². The minimum absolute atomic E-state index is 0.0879. The SMILES string of the molecule is COc1ccc(-c2nnc(Sc3cc(Cl)nc(N)n3)o2)cc1. The molecule has 3 aromatic rings. The van der Waals surface area contributed by atoms with Crippen molar-refractivity contribution in [1.82, 2.24) is 20.2 Å². The number of hydrogen-bond acceptors (Lipinski definition) is 8. The molecule has 2 aromatic heterocycles. The minimum Gasteiger partial charge on any atom is -0.497 e. The average Bonchev–Trinajstić information content (AvgIpc) is 2.95. The second-order valence-corrected chi connectivity index (χ2v) is 5.45. The Bertz CT molecular complexity index is 773. The molecule has 0 amide bonds. The van der Waals surface area contributed by atoms with E-state index in [1.807, 2.05) is 24.3 Å². The van der Waals surface area contributed by atoms with Gasteiger partial charge in [0.05, 0.1) is 7.11 Å². The number of nitrogens with zero attached hydrogens (tertiary/aromatic N) is 4. The molecule has 22 heavy (non-hydrogen) atoms. The van der Waals surface area contributed by atoms with Gasteiger partial charge in [0.25, 0.3) is 5.22 Å². The molecule has 3 rings (SSSR count). The van der Waals surface area contributed by atoms with E-state index in [0.29, 0.717) is 16.1 Å². The van der Waals surface area contributed by atoms with E-state index in [0.717, 1.165) is 23.1 Å². The fourth-order valence-electron chi connectivity index (χ4n) is 1.66. The Kier molecular flexibility index (Phi) is 4.12. The summed E-state index contributed by atoms with van der Waals surface area (Å²) in [4.78, 5) is 7.82. The lowest BCUT2D eigenvalue weighted by atomic mass is 10.2. The van der Waals surface area contributed by atoms with Crippen molar-refractivity contribution in [3.63, 3.8) is 0 Å². The molecule has 0 spiro atoms. The van der Waals surface area contributed by atoms with Crippen LogP contribution in [0.2, 0.25) is 5.15 Å². The number of halogens is 1. The molecule has 112 valence electrons. The van der Waals surface area contributed by atoms with Crippen LogP contribution in [-0.4, -0.2) is 27.3 Å². The van der Waals surface area contributed by atoms with Crippen LogP contribution >= 0.6 is 23.4 Å². The van der Waals surface area contributed by atoms with Crippen molar-refractivity contribution >= 4 is 29.3 Å². The number of hydrogen-bond donors (Lipinski definition) is 1. The summed E-state index contributed by atoms with van der Waals surface area (Å²) in [5.41, 5.74) is 6.33. The Morgan fingerprint density at radius 2 is 1.95 bits per heavy atom. The number of aromatic nitrogens is 4. The van der Waals surface area contributed by atoms with Crippen LogP contribution in [0.5, 0.6) is 5.75 Å². The molecule has 0 bridgehead atoms. The quantitative estimate of drug-likeness (QED) is 0.726. The summed E-state index contributed by atoms with van der Waals surface area (Å²) in [5, 5.41) is 9.08. The highest BCUT2D eigenvalue weighted by Crippen LogP contribution is 2.29. The second kappa shape index (κ2) is 6.20. The number of benzene rings is 1. The van der Waals surface area contributed by atoms with E-state index in [9.17, 15) is 0 Å². The first-order chi connectivity index (χ1) is 10.6. The molecule has 0 radical (unpaired) electrons. The molecule has 0 aliphatic rings. The van der Waals surface area contributed by atoms with Gasteiger partial charge in [0.1, 0.15) is 15.9 Å². The molecule has 9 heteroatoms.